The summed E-state index contributed by atoms with van der Waals surface area (Å²) in [6.07, 6.45) is 0.172. The molecular formula is C18H18F2O4. The van der Waals surface area contributed by atoms with Gasteiger partial charge in [0.1, 0.15) is 6.61 Å². The average molecular weight is 336 g/mol. The molecule has 128 valence electrons. The standard InChI is InChI=1S/C18H18F2O4/c1-12-4-3-5-13(8-12)10-17(21)23-11-14-6-7-15(24-18(19)20)16(9-14)22-2/h3-9,18H,10-11H2,1-2H3. The van der Waals surface area contributed by atoms with Crippen molar-refractivity contribution in [3.8, 4) is 11.5 Å². The van der Waals surface area contributed by atoms with E-state index >= 15 is 0 Å². The molecule has 0 saturated heterocycles. The molecule has 0 radical (unpaired) electrons. The zero-order valence-corrected chi connectivity index (χ0v) is 13.4. The van der Waals surface area contributed by atoms with E-state index in [0.29, 0.717) is 5.56 Å². The lowest BCUT2D eigenvalue weighted by Crippen LogP contribution is -2.08. The second kappa shape index (κ2) is 8.29. The number of esters is 1. The summed E-state index contributed by atoms with van der Waals surface area (Å²) in [6.45, 7) is -0.961. The quantitative estimate of drug-likeness (QED) is 0.720. The lowest BCUT2D eigenvalue weighted by Gasteiger charge is -2.11. The Morgan fingerprint density at radius 2 is 1.88 bits per heavy atom. The van der Waals surface area contributed by atoms with Crippen LogP contribution in [0.2, 0.25) is 0 Å². The SMILES string of the molecule is COc1cc(COC(=O)Cc2cccc(C)c2)ccc1OC(F)F. The molecule has 0 spiro atoms. The highest BCUT2D eigenvalue weighted by atomic mass is 19.3. The molecule has 0 aliphatic carbocycles. The van der Waals surface area contributed by atoms with Gasteiger partial charge in [0, 0.05) is 0 Å². The van der Waals surface area contributed by atoms with E-state index in [2.05, 4.69) is 4.74 Å². The molecule has 0 aromatic heterocycles. The summed E-state index contributed by atoms with van der Waals surface area (Å²) in [5.74, 6) is -0.280. The number of halogens is 2. The molecule has 2 aromatic rings. The summed E-state index contributed by atoms with van der Waals surface area (Å²) >= 11 is 0. The highest BCUT2D eigenvalue weighted by Gasteiger charge is 2.12. The van der Waals surface area contributed by atoms with Crippen molar-refractivity contribution in [1.82, 2.24) is 0 Å². The Morgan fingerprint density at radius 3 is 2.54 bits per heavy atom. The summed E-state index contributed by atoms with van der Waals surface area (Å²) < 4.78 is 39.1. The first kappa shape index (κ1) is 17.7. The van der Waals surface area contributed by atoms with Crippen LogP contribution in [0.4, 0.5) is 8.78 Å². The second-order valence-corrected chi connectivity index (χ2v) is 5.19. The van der Waals surface area contributed by atoms with E-state index in [0.717, 1.165) is 11.1 Å². The normalized spacial score (nSPS) is 10.5. The molecule has 0 fully saturated rings. The minimum atomic E-state index is -2.93. The number of benzene rings is 2. The number of alkyl halides is 2. The van der Waals surface area contributed by atoms with Crippen LogP contribution in [0.5, 0.6) is 11.5 Å². The predicted octanol–water partition coefficient (Wildman–Crippen LogP) is 3.89. The van der Waals surface area contributed by atoms with Crippen LogP contribution in [0.1, 0.15) is 16.7 Å². The van der Waals surface area contributed by atoms with Crippen molar-refractivity contribution in [2.24, 2.45) is 0 Å². The molecule has 0 heterocycles. The van der Waals surface area contributed by atoms with Crippen molar-refractivity contribution < 1.29 is 27.8 Å². The van der Waals surface area contributed by atoms with E-state index in [-0.39, 0.29) is 30.5 Å². The van der Waals surface area contributed by atoms with Crippen molar-refractivity contribution in [2.45, 2.75) is 26.6 Å². The van der Waals surface area contributed by atoms with E-state index in [1.165, 1.54) is 19.2 Å². The fourth-order valence-corrected chi connectivity index (χ4v) is 2.20. The zero-order valence-electron chi connectivity index (χ0n) is 13.4. The maximum atomic E-state index is 12.3. The third kappa shape index (κ3) is 5.22. The van der Waals surface area contributed by atoms with Crippen LogP contribution in [-0.4, -0.2) is 19.7 Å². The number of aryl methyl sites for hydroxylation is 1. The number of methoxy groups -OCH3 is 1. The summed E-state index contributed by atoms with van der Waals surface area (Å²) in [4.78, 5) is 11.9. The molecular weight excluding hydrogens is 318 g/mol. The molecule has 4 nitrogen and oxygen atoms in total. The largest absolute Gasteiger partial charge is 0.493 e. The van der Waals surface area contributed by atoms with Crippen molar-refractivity contribution in [3.63, 3.8) is 0 Å². The topological polar surface area (TPSA) is 44.8 Å². The van der Waals surface area contributed by atoms with Gasteiger partial charge in [-0.15, -0.1) is 0 Å². The molecule has 2 aromatic carbocycles. The number of rotatable bonds is 7. The van der Waals surface area contributed by atoms with Crippen molar-refractivity contribution >= 4 is 5.97 Å². The molecule has 0 saturated carbocycles. The minimum absolute atomic E-state index is 0.0238. The van der Waals surface area contributed by atoms with Gasteiger partial charge >= 0.3 is 12.6 Å². The number of hydrogen-bond donors (Lipinski definition) is 0. The van der Waals surface area contributed by atoms with E-state index in [1.807, 2.05) is 31.2 Å². The average Bonchev–Trinajstić information content (AvgIpc) is 2.53. The van der Waals surface area contributed by atoms with Crippen LogP contribution < -0.4 is 9.47 Å². The van der Waals surface area contributed by atoms with Crippen LogP contribution >= 0.6 is 0 Å². The first-order valence-electron chi connectivity index (χ1n) is 7.31. The van der Waals surface area contributed by atoms with Crippen LogP contribution in [0.15, 0.2) is 42.5 Å². The Balaban J connectivity index is 1.94. The minimum Gasteiger partial charge on any atom is -0.493 e. The summed E-state index contributed by atoms with van der Waals surface area (Å²) in [5.41, 5.74) is 2.56. The third-order valence-electron chi connectivity index (χ3n) is 3.27. The number of ether oxygens (including phenoxy) is 3. The van der Waals surface area contributed by atoms with Crippen molar-refractivity contribution in [1.29, 1.82) is 0 Å². The van der Waals surface area contributed by atoms with E-state index in [9.17, 15) is 13.6 Å². The molecule has 24 heavy (non-hydrogen) atoms. The fraction of sp³-hybridized carbons (Fsp3) is 0.278. The Morgan fingerprint density at radius 1 is 1.08 bits per heavy atom. The van der Waals surface area contributed by atoms with Gasteiger partial charge in [-0.3, -0.25) is 4.79 Å². The van der Waals surface area contributed by atoms with E-state index < -0.39 is 6.61 Å². The molecule has 2 rings (SSSR count). The lowest BCUT2D eigenvalue weighted by atomic mass is 10.1. The van der Waals surface area contributed by atoms with Crippen LogP contribution in [0.25, 0.3) is 0 Å². The fourth-order valence-electron chi connectivity index (χ4n) is 2.20. The van der Waals surface area contributed by atoms with Crippen LogP contribution in [0, 0.1) is 6.92 Å². The van der Waals surface area contributed by atoms with Crippen molar-refractivity contribution in [2.75, 3.05) is 7.11 Å². The number of hydrogen-bond acceptors (Lipinski definition) is 4. The van der Waals surface area contributed by atoms with E-state index in [4.69, 9.17) is 9.47 Å². The van der Waals surface area contributed by atoms with Crippen LogP contribution in [0.3, 0.4) is 0 Å². The number of carbonyl (C=O) groups is 1. The summed E-state index contributed by atoms with van der Waals surface area (Å²) in [7, 11) is 1.35. The Labute approximate surface area is 139 Å². The van der Waals surface area contributed by atoms with Gasteiger partial charge in [0.05, 0.1) is 13.5 Å². The van der Waals surface area contributed by atoms with Gasteiger partial charge in [-0.05, 0) is 30.2 Å². The highest BCUT2D eigenvalue weighted by molar-refractivity contribution is 5.72. The molecule has 0 aliphatic heterocycles. The molecule has 0 unspecified atom stereocenters. The molecule has 0 bridgehead atoms. The maximum Gasteiger partial charge on any atom is 0.387 e. The smallest absolute Gasteiger partial charge is 0.387 e. The van der Waals surface area contributed by atoms with Gasteiger partial charge in [-0.2, -0.15) is 8.78 Å². The maximum absolute atomic E-state index is 12.3. The lowest BCUT2D eigenvalue weighted by molar-refractivity contribution is -0.144. The Bertz CT molecular complexity index is 701. The Hall–Kier alpha value is -2.63. The van der Waals surface area contributed by atoms with Gasteiger partial charge in [0.15, 0.2) is 11.5 Å². The molecule has 0 aliphatic rings. The molecule has 0 amide bonds. The van der Waals surface area contributed by atoms with Gasteiger partial charge in [0.2, 0.25) is 0 Å². The molecule has 6 heteroatoms. The van der Waals surface area contributed by atoms with Crippen molar-refractivity contribution in [3.05, 3.63) is 59.2 Å². The summed E-state index contributed by atoms with van der Waals surface area (Å²) in [6, 6.07) is 12.0. The highest BCUT2D eigenvalue weighted by Crippen LogP contribution is 2.29. The van der Waals surface area contributed by atoms with Gasteiger partial charge < -0.3 is 14.2 Å². The summed E-state index contributed by atoms with van der Waals surface area (Å²) in [5, 5.41) is 0. The molecule has 0 atom stereocenters. The van der Waals surface area contributed by atoms with Gasteiger partial charge in [-0.25, -0.2) is 0 Å². The third-order valence-corrected chi connectivity index (χ3v) is 3.27. The zero-order chi connectivity index (χ0) is 17.5. The van der Waals surface area contributed by atoms with Crippen LogP contribution in [-0.2, 0) is 22.6 Å². The van der Waals surface area contributed by atoms with Gasteiger partial charge in [0.25, 0.3) is 0 Å². The molecule has 0 N–H and O–H groups in total. The first-order valence-corrected chi connectivity index (χ1v) is 7.31. The van der Waals surface area contributed by atoms with Gasteiger partial charge in [-0.1, -0.05) is 35.9 Å². The predicted molar refractivity (Wildman–Crippen MR) is 84.3 cm³/mol. The monoisotopic (exact) mass is 336 g/mol. The second-order valence-electron chi connectivity index (χ2n) is 5.19. The number of carbonyl (C=O) groups excluding carboxylic acids is 1. The first-order chi connectivity index (χ1) is 11.5. The van der Waals surface area contributed by atoms with E-state index in [1.54, 1.807) is 6.07 Å². The Kier molecular flexibility index (Phi) is 6.12.